The lowest BCUT2D eigenvalue weighted by molar-refractivity contribution is 0.452. The molecule has 3 nitrogen and oxygen atoms in total. The second-order valence-electron chi connectivity index (χ2n) is 2.29. The van der Waals surface area contributed by atoms with Gasteiger partial charge in [-0.3, -0.25) is 0 Å². The van der Waals surface area contributed by atoms with Gasteiger partial charge in [0.05, 0.1) is 5.66 Å². The first-order valence-electron chi connectivity index (χ1n) is 2.85. The largest absolute Gasteiger partial charge is 0.314 e. The molecule has 0 aliphatic rings. The number of likely N-dealkylation sites (N-methyl/N-ethyl adjacent to an activating group) is 1. The Kier molecular flexibility index (Phi) is 2.97. The zero-order valence-electron chi connectivity index (χ0n) is 5.57. The molecule has 0 saturated carbocycles. The van der Waals surface area contributed by atoms with E-state index in [9.17, 15) is 0 Å². The van der Waals surface area contributed by atoms with Gasteiger partial charge in [-0.25, -0.2) is 0 Å². The fraction of sp³-hybridized carbons (Fsp3) is 1.00. The molecular weight excluding hydrogens is 102 g/mol. The molecular formula is C5H15N3. The van der Waals surface area contributed by atoms with Crippen molar-refractivity contribution in [1.82, 2.24) is 5.32 Å². The summed E-state index contributed by atoms with van der Waals surface area (Å²) in [6, 6.07) is 0. The van der Waals surface area contributed by atoms with Crippen molar-refractivity contribution < 1.29 is 0 Å². The van der Waals surface area contributed by atoms with E-state index in [-0.39, 0.29) is 0 Å². The van der Waals surface area contributed by atoms with Crippen molar-refractivity contribution in [2.24, 2.45) is 11.5 Å². The Balaban J connectivity index is 3.11. The Labute approximate surface area is 50.4 Å². The van der Waals surface area contributed by atoms with Gasteiger partial charge < -0.3 is 16.8 Å². The monoisotopic (exact) mass is 117 g/mol. The van der Waals surface area contributed by atoms with Crippen LogP contribution in [-0.2, 0) is 0 Å². The lowest BCUT2D eigenvalue weighted by atomic mass is 10.2. The van der Waals surface area contributed by atoms with Gasteiger partial charge in [-0.05, 0) is 13.5 Å². The van der Waals surface area contributed by atoms with Gasteiger partial charge >= 0.3 is 0 Å². The van der Waals surface area contributed by atoms with E-state index in [1.807, 2.05) is 6.92 Å². The highest BCUT2D eigenvalue weighted by atomic mass is 15.0. The van der Waals surface area contributed by atoms with Crippen molar-refractivity contribution >= 4 is 0 Å². The van der Waals surface area contributed by atoms with Crippen LogP contribution in [0.3, 0.4) is 0 Å². The van der Waals surface area contributed by atoms with Gasteiger partial charge in [-0.2, -0.15) is 0 Å². The molecule has 0 aromatic heterocycles. The van der Waals surface area contributed by atoms with Crippen LogP contribution in [0.1, 0.15) is 13.8 Å². The molecule has 0 aromatic carbocycles. The van der Waals surface area contributed by atoms with Gasteiger partial charge in [0.1, 0.15) is 0 Å². The predicted octanol–water partition coefficient (Wildman–Crippen LogP) is -0.770. The van der Waals surface area contributed by atoms with Gasteiger partial charge in [-0.1, -0.05) is 6.92 Å². The molecule has 0 atom stereocenters. The first-order valence-corrected chi connectivity index (χ1v) is 2.85. The van der Waals surface area contributed by atoms with Gasteiger partial charge in [0.15, 0.2) is 0 Å². The molecule has 0 heterocycles. The summed E-state index contributed by atoms with van der Waals surface area (Å²) in [6.07, 6.45) is 0. The van der Waals surface area contributed by atoms with Gasteiger partial charge in [0, 0.05) is 6.54 Å². The standard InChI is InChI=1S/C5H15N3/c1-3-8-4-5(2,6)7/h8H,3-4,6-7H2,1-2H3. The van der Waals surface area contributed by atoms with Crippen LogP contribution in [0.25, 0.3) is 0 Å². The molecule has 0 fully saturated rings. The Bertz CT molecular complexity index is 55.2. The number of nitrogens with one attached hydrogen (secondary N) is 1. The quantitative estimate of drug-likeness (QED) is 0.425. The Morgan fingerprint density at radius 3 is 2.12 bits per heavy atom. The Morgan fingerprint density at radius 2 is 2.00 bits per heavy atom. The second kappa shape index (κ2) is 3.02. The van der Waals surface area contributed by atoms with Gasteiger partial charge in [0.2, 0.25) is 0 Å². The van der Waals surface area contributed by atoms with Crippen LogP contribution in [0, 0.1) is 0 Å². The molecule has 0 bridgehead atoms. The van der Waals surface area contributed by atoms with E-state index in [2.05, 4.69) is 5.32 Å². The third kappa shape index (κ3) is 5.88. The highest BCUT2D eigenvalue weighted by Crippen LogP contribution is 1.80. The molecule has 0 aromatic rings. The molecule has 0 spiro atoms. The summed E-state index contributed by atoms with van der Waals surface area (Å²) >= 11 is 0. The van der Waals surface area contributed by atoms with Crippen molar-refractivity contribution in [3.63, 3.8) is 0 Å². The highest BCUT2D eigenvalue weighted by molar-refractivity contribution is 4.71. The van der Waals surface area contributed by atoms with Crippen LogP contribution >= 0.6 is 0 Å². The van der Waals surface area contributed by atoms with E-state index in [1.54, 1.807) is 6.92 Å². The van der Waals surface area contributed by atoms with Crippen LogP contribution in [0.15, 0.2) is 0 Å². The molecule has 8 heavy (non-hydrogen) atoms. The SMILES string of the molecule is CCNCC(C)(N)N. The lowest BCUT2D eigenvalue weighted by Crippen LogP contribution is -2.53. The van der Waals surface area contributed by atoms with Crippen molar-refractivity contribution in [1.29, 1.82) is 0 Å². The summed E-state index contributed by atoms with van der Waals surface area (Å²) in [5.74, 6) is 0. The summed E-state index contributed by atoms with van der Waals surface area (Å²) in [5, 5.41) is 3.04. The second-order valence-corrected chi connectivity index (χ2v) is 2.29. The van der Waals surface area contributed by atoms with Crippen LogP contribution in [-0.4, -0.2) is 18.8 Å². The summed E-state index contributed by atoms with van der Waals surface area (Å²) in [6.45, 7) is 5.40. The maximum absolute atomic E-state index is 5.44. The minimum Gasteiger partial charge on any atom is -0.314 e. The molecule has 3 heteroatoms. The molecule has 0 radical (unpaired) electrons. The number of rotatable bonds is 3. The molecule has 0 rings (SSSR count). The molecule has 5 N–H and O–H groups in total. The molecule has 0 unspecified atom stereocenters. The maximum Gasteiger partial charge on any atom is 0.0735 e. The van der Waals surface area contributed by atoms with Crippen LogP contribution in [0.4, 0.5) is 0 Å². The molecule has 0 saturated heterocycles. The third-order valence-electron chi connectivity index (χ3n) is 0.756. The minimum absolute atomic E-state index is 0.560. The van der Waals surface area contributed by atoms with E-state index in [0.717, 1.165) is 6.54 Å². The third-order valence-corrected chi connectivity index (χ3v) is 0.756. The zero-order chi connectivity index (χ0) is 6.62. The fourth-order valence-corrected chi connectivity index (χ4v) is 0.394. The molecule has 0 amide bonds. The van der Waals surface area contributed by atoms with E-state index in [0.29, 0.717) is 6.54 Å². The van der Waals surface area contributed by atoms with Crippen molar-refractivity contribution in [2.75, 3.05) is 13.1 Å². The summed E-state index contributed by atoms with van der Waals surface area (Å²) in [7, 11) is 0. The minimum atomic E-state index is -0.560. The number of hydrogen-bond donors (Lipinski definition) is 3. The first-order chi connectivity index (χ1) is 3.56. The summed E-state index contributed by atoms with van der Waals surface area (Å²) in [4.78, 5) is 0. The van der Waals surface area contributed by atoms with Crippen molar-refractivity contribution in [3.05, 3.63) is 0 Å². The van der Waals surface area contributed by atoms with Crippen molar-refractivity contribution in [3.8, 4) is 0 Å². The van der Waals surface area contributed by atoms with E-state index in [1.165, 1.54) is 0 Å². The topological polar surface area (TPSA) is 64.1 Å². The van der Waals surface area contributed by atoms with Gasteiger partial charge in [0.25, 0.3) is 0 Å². The van der Waals surface area contributed by atoms with E-state index >= 15 is 0 Å². The predicted molar refractivity (Wildman–Crippen MR) is 35.3 cm³/mol. The zero-order valence-corrected chi connectivity index (χ0v) is 5.57. The Morgan fingerprint density at radius 1 is 1.50 bits per heavy atom. The van der Waals surface area contributed by atoms with E-state index in [4.69, 9.17) is 11.5 Å². The van der Waals surface area contributed by atoms with Crippen LogP contribution in [0.2, 0.25) is 0 Å². The first kappa shape index (κ1) is 7.88. The van der Waals surface area contributed by atoms with Crippen molar-refractivity contribution in [2.45, 2.75) is 19.5 Å². The average molecular weight is 117 g/mol. The van der Waals surface area contributed by atoms with E-state index < -0.39 is 5.66 Å². The Hall–Kier alpha value is -0.120. The average Bonchev–Trinajstić information content (AvgIpc) is 1.59. The molecule has 50 valence electrons. The summed E-state index contributed by atoms with van der Waals surface area (Å²) in [5.41, 5.74) is 10.3. The van der Waals surface area contributed by atoms with Crippen LogP contribution < -0.4 is 16.8 Å². The van der Waals surface area contributed by atoms with Crippen LogP contribution in [0.5, 0.6) is 0 Å². The fourth-order valence-electron chi connectivity index (χ4n) is 0.394. The maximum atomic E-state index is 5.44. The molecule has 0 aliphatic heterocycles. The lowest BCUT2D eigenvalue weighted by Gasteiger charge is -2.17. The molecule has 0 aliphatic carbocycles. The smallest absolute Gasteiger partial charge is 0.0735 e. The highest BCUT2D eigenvalue weighted by Gasteiger charge is 2.07. The number of hydrogen-bond acceptors (Lipinski definition) is 3. The normalized spacial score (nSPS) is 12.0. The number of nitrogens with two attached hydrogens (primary N) is 2. The summed E-state index contributed by atoms with van der Waals surface area (Å²) < 4.78 is 0. The van der Waals surface area contributed by atoms with Gasteiger partial charge in [-0.15, -0.1) is 0 Å².